The smallest absolute Gasteiger partial charge is 0.154 e. The van der Waals surface area contributed by atoms with Gasteiger partial charge in [-0.3, -0.25) is 4.68 Å². The van der Waals surface area contributed by atoms with E-state index >= 15 is 0 Å². The van der Waals surface area contributed by atoms with Gasteiger partial charge in [0.2, 0.25) is 0 Å². The van der Waals surface area contributed by atoms with Gasteiger partial charge in [0.1, 0.15) is 11.4 Å². The van der Waals surface area contributed by atoms with Gasteiger partial charge in [0.25, 0.3) is 0 Å². The molecule has 0 saturated carbocycles. The van der Waals surface area contributed by atoms with Gasteiger partial charge in [-0.15, -0.1) is 0 Å². The average Bonchev–Trinajstić information content (AvgIpc) is 3.16. The van der Waals surface area contributed by atoms with Gasteiger partial charge in [0.05, 0.1) is 6.61 Å². The van der Waals surface area contributed by atoms with Crippen LogP contribution in [-0.4, -0.2) is 33.9 Å². The molecule has 8 heteroatoms. The van der Waals surface area contributed by atoms with Gasteiger partial charge in [-0.2, -0.15) is 5.10 Å². The van der Waals surface area contributed by atoms with E-state index in [1.807, 2.05) is 33.2 Å². The Morgan fingerprint density at radius 2 is 2.19 bits per heavy atom. The van der Waals surface area contributed by atoms with Crippen molar-refractivity contribution in [2.45, 2.75) is 25.8 Å². The lowest BCUT2D eigenvalue weighted by molar-refractivity contribution is 0.00299. The van der Waals surface area contributed by atoms with Crippen LogP contribution in [0.3, 0.4) is 0 Å². The standard InChI is InChI=1S/C13H14BrFN2OS.C4H6N2.C2H6/c14-9-1-2-11(15)10(5-9)13-7-18-4-3-8(13)6-19-12(16)17-13;1-6-4-2-3-5-6;1-2/h1-2,5,8H,3-4,6-7H2,(H2,16,17);2-4H,1H3;1-2H3. The molecule has 2 atom stereocenters. The van der Waals surface area contributed by atoms with Crippen LogP contribution >= 0.6 is 27.7 Å². The molecule has 148 valence electrons. The highest BCUT2D eigenvalue weighted by Crippen LogP contribution is 2.45. The molecule has 0 radical (unpaired) electrons. The van der Waals surface area contributed by atoms with Gasteiger partial charge in [-0.25, -0.2) is 9.38 Å². The number of benzene rings is 1. The zero-order chi connectivity index (χ0) is 19.9. The van der Waals surface area contributed by atoms with Gasteiger partial charge >= 0.3 is 0 Å². The molecule has 2 aliphatic heterocycles. The fourth-order valence-corrected chi connectivity index (χ4v) is 4.50. The molecular formula is C19H26BrFN4OS. The number of halogens is 2. The van der Waals surface area contributed by atoms with Crippen LogP contribution in [0.25, 0.3) is 0 Å². The zero-order valence-corrected chi connectivity index (χ0v) is 18.3. The van der Waals surface area contributed by atoms with E-state index in [9.17, 15) is 4.39 Å². The number of nitrogens with zero attached hydrogens (tertiary/aromatic N) is 3. The molecule has 2 aromatic rings. The topological polar surface area (TPSA) is 65.4 Å². The first kappa shape index (κ1) is 21.9. The first-order valence-electron chi connectivity index (χ1n) is 8.96. The number of thioether (sulfide) groups is 1. The second-order valence-electron chi connectivity index (χ2n) is 6.03. The third-order valence-electron chi connectivity index (χ3n) is 4.38. The number of amidine groups is 1. The maximum atomic E-state index is 14.3. The minimum atomic E-state index is -0.665. The predicted octanol–water partition coefficient (Wildman–Crippen LogP) is 4.33. The second kappa shape index (κ2) is 10.2. The summed E-state index contributed by atoms with van der Waals surface area (Å²) in [7, 11) is 1.89. The maximum absolute atomic E-state index is 14.3. The Labute approximate surface area is 172 Å². The van der Waals surface area contributed by atoms with Crippen molar-refractivity contribution in [1.82, 2.24) is 9.78 Å². The summed E-state index contributed by atoms with van der Waals surface area (Å²) in [5.74, 6) is 0.884. The quantitative estimate of drug-likeness (QED) is 0.693. The molecule has 1 aromatic heterocycles. The number of hydrogen-bond donors (Lipinski definition) is 1. The Morgan fingerprint density at radius 3 is 2.81 bits per heavy atom. The van der Waals surface area contributed by atoms with Crippen LogP contribution in [0.1, 0.15) is 25.8 Å². The summed E-state index contributed by atoms with van der Waals surface area (Å²) in [5, 5.41) is 4.35. The number of ether oxygens (including phenoxy) is 1. The number of aryl methyl sites for hydroxylation is 1. The highest BCUT2D eigenvalue weighted by molar-refractivity contribution is 9.10. The fraction of sp³-hybridized carbons (Fsp3) is 0.474. The minimum absolute atomic E-state index is 0.248. The summed E-state index contributed by atoms with van der Waals surface area (Å²) in [6.45, 7) is 5.10. The van der Waals surface area contributed by atoms with E-state index in [0.717, 1.165) is 16.6 Å². The van der Waals surface area contributed by atoms with E-state index in [2.05, 4.69) is 26.0 Å². The highest BCUT2D eigenvalue weighted by atomic mass is 79.9. The number of aliphatic imine (C=N–C) groups is 1. The van der Waals surface area contributed by atoms with Crippen molar-refractivity contribution >= 4 is 32.9 Å². The molecule has 3 heterocycles. The van der Waals surface area contributed by atoms with Crippen LogP contribution in [0, 0.1) is 11.7 Å². The normalized spacial score (nSPS) is 23.7. The SMILES string of the molecule is CC.Cn1cccn1.NC1=NC2(c3cc(Br)ccc3F)COCCC2CS1. The summed E-state index contributed by atoms with van der Waals surface area (Å²) in [6.07, 6.45) is 4.52. The molecule has 1 aromatic carbocycles. The zero-order valence-electron chi connectivity index (χ0n) is 15.9. The Kier molecular flexibility index (Phi) is 8.31. The fourth-order valence-electron chi connectivity index (χ4n) is 3.10. The first-order valence-corrected chi connectivity index (χ1v) is 10.7. The van der Waals surface area contributed by atoms with Crippen molar-refractivity contribution in [1.29, 1.82) is 0 Å². The summed E-state index contributed by atoms with van der Waals surface area (Å²) >= 11 is 4.94. The number of hydrogen-bond acceptors (Lipinski definition) is 5. The third-order valence-corrected chi connectivity index (χ3v) is 5.83. The molecule has 4 rings (SSSR count). The maximum Gasteiger partial charge on any atom is 0.154 e. The summed E-state index contributed by atoms with van der Waals surface area (Å²) in [5.41, 5.74) is 5.79. The molecular weight excluding hydrogens is 431 g/mol. The van der Waals surface area contributed by atoms with Gasteiger partial charge in [0, 0.05) is 47.8 Å². The van der Waals surface area contributed by atoms with Crippen LogP contribution in [-0.2, 0) is 17.3 Å². The van der Waals surface area contributed by atoms with E-state index in [4.69, 9.17) is 10.5 Å². The molecule has 2 aliphatic rings. The summed E-state index contributed by atoms with van der Waals surface area (Å²) in [6, 6.07) is 6.84. The molecule has 27 heavy (non-hydrogen) atoms. The number of rotatable bonds is 1. The monoisotopic (exact) mass is 456 g/mol. The Bertz CT molecular complexity index is 756. The lowest BCUT2D eigenvalue weighted by Gasteiger charge is -2.43. The van der Waals surface area contributed by atoms with Crippen molar-refractivity contribution in [3.8, 4) is 0 Å². The molecule has 0 bridgehead atoms. The van der Waals surface area contributed by atoms with Crippen molar-refractivity contribution in [2.75, 3.05) is 19.0 Å². The average molecular weight is 457 g/mol. The predicted molar refractivity (Wildman–Crippen MR) is 113 cm³/mol. The van der Waals surface area contributed by atoms with Crippen LogP contribution in [0.15, 0.2) is 46.1 Å². The lowest BCUT2D eigenvalue weighted by atomic mass is 9.76. The molecule has 1 fully saturated rings. The Hall–Kier alpha value is -1.38. The number of nitrogens with two attached hydrogens (primary N) is 1. The van der Waals surface area contributed by atoms with Crippen molar-refractivity contribution in [3.05, 3.63) is 52.5 Å². The van der Waals surface area contributed by atoms with E-state index in [1.54, 1.807) is 34.8 Å². The Balaban J connectivity index is 0.000000275. The largest absolute Gasteiger partial charge is 0.379 e. The number of fused-ring (bicyclic) bond motifs is 1. The number of aromatic nitrogens is 2. The summed E-state index contributed by atoms with van der Waals surface area (Å²) in [4.78, 5) is 4.58. The molecule has 0 aliphatic carbocycles. The molecule has 0 spiro atoms. The van der Waals surface area contributed by atoms with Gasteiger partial charge in [-0.05, 0) is 30.7 Å². The summed E-state index contributed by atoms with van der Waals surface area (Å²) < 4.78 is 22.4. The van der Waals surface area contributed by atoms with Crippen molar-refractivity contribution in [2.24, 2.45) is 23.7 Å². The minimum Gasteiger partial charge on any atom is -0.379 e. The van der Waals surface area contributed by atoms with Crippen LogP contribution in [0.5, 0.6) is 0 Å². The van der Waals surface area contributed by atoms with E-state index in [-0.39, 0.29) is 11.7 Å². The first-order chi connectivity index (χ1) is 13.0. The van der Waals surface area contributed by atoms with E-state index in [1.165, 1.54) is 6.07 Å². The molecule has 2 unspecified atom stereocenters. The molecule has 2 N–H and O–H groups in total. The third kappa shape index (κ3) is 5.33. The highest BCUT2D eigenvalue weighted by Gasteiger charge is 2.47. The van der Waals surface area contributed by atoms with E-state index in [0.29, 0.717) is 23.9 Å². The van der Waals surface area contributed by atoms with Crippen LogP contribution in [0.4, 0.5) is 4.39 Å². The van der Waals surface area contributed by atoms with Crippen LogP contribution in [0.2, 0.25) is 0 Å². The molecule has 0 amide bonds. The van der Waals surface area contributed by atoms with Gasteiger partial charge in [-0.1, -0.05) is 41.5 Å². The lowest BCUT2D eigenvalue weighted by Crippen LogP contribution is -2.48. The molecule has 1 saturated heterocycles. The van der Waals surface area contributed by atoms with Crippen molar-refractivity contribution < 1.29 is 9.13 Å². The van der Waals surface area contributed by atoms with Gasteiger partial charge in [0.15, 0.2) is 5.17 Å². The van der Waals surface area contributed by atoms with Crippen molar-refractivity contribution in [3.63, 3.8) is 0 Å². The van der Waals surface area contributed by atoms with E-state index < -0.39 is 5.54 Å². The second-order valence-corrected chi connectivity index (χ2v) is 7.98. The molecule has 5 nitrogen and oxygen atoms in total. The Morgan fingerprint density at radius 1 is 1.41 bits per heavy atom. The van der Waals surface area contributed by atoms with Crippen LogP contribution < -0.4 is 5.73 Å². The van der Waals surface area contributed by atoms with Gasteiger partial charge < -0.3 is 10.5 Å².